The Bertz CT molecular complexity index is 482. The number of benzene rings is 1. The summed E-state index contributed by atoms with van der Waals surface area (Å²) in [7, 11) is 0. The minimum absolute atomic E-state index is 0.299. The van der Waals surface area contributed by atoms with Crippen LogP contribution in [0.25, 0.3) is 0 Å². The normalized spacial score (nSPS) is 14.2. The summed E-state index contributed by atoms with van der Waals surface area (Å²) in [5.41, 5.74) is 2.53. The Balaban J connectivity index is 2.03. The van der Waals surface area contributed by atoms with Crippen molar-refractivity contribution in [3.8, 4) is 0 Å². The van der Waals surface area contributed by atoms with E-state index in [1.165, 1.54) is 14.7 Å². The number of nitrogens with zero attached hydrogens (tertiary/aromatic N) is 1. The lowest BCUT2D eigenvalue weighted by molar-refractivity contribution is 0.493. The Morgan fingerprint density at radius 2 is 1.67 bits per heavy atom. The fraction of sp³-hybridized carbons (Fsp3) is 0.267. The van der Waals surface area contributed by atoms with Crippen LogP contribution in [0.1, 0.15) is 37.1 Å². The minimum atomic E-state index is 0.299. The van der Waals surface area contributed by atoms with Crippen LogP contribution in [0, 0.1) is 3.57 Å². The average Bonchev–Trinajstić information content (AvgIpc) is 2.40. The Morgan fingerprint density at radius 3 is 2.28 bits per heavy atom. The maximum absolute atomic E-state index is 4.16. The number of aromatic nitrogens is 1. The predicted molar refractivity (Wildman–Crippen MR) is 83.4 cm³/mol. The summed E-state index contributed by atoms with van der Waals surface area (Å²) >= 11 is 2.33. The molecule has 0 radical (unpaired) electrons. The number of halogens is 1. The van der Waals surface area contributed by atoms with Gasteiger partial charge in [-0.2, -0.15) is 0 Å². The molecule has 1 aromatic heterocycles. The molecule has 0 bridgehead atoms. The van der Waals surface area contributed by atoms with E-state index in [9.17, 15) is 0 Å². The van der Waals surface area contributed by atoms with Crippen molar-refractivity contribution in [2.24, 2.45) is 0 Å². The predicted octanol–water partition coefficient (Wildman–Crippen LogP) is 4.10. The summed E-state index contributed by atoms with van der Waals surface area (Å²) in [5.74, 6) is 0. The third-order valence-electron chi connectivity index (χ3n) is 3.05. The molecule has 0 amide bonds. The number of rotatable bonds is 4. The first-order chi connectivity index (χ1) is 8.66. The highest BCUT2D eigenvalue weighted by Crippen LogP contribution is 2.19. The van der Waals surface area contributed by atoms with Crippen molar-refractivity contribution in [2.45, 2.75) is 25.9 Å². The van der Waals surface area contributed by atoms with E-state index in [1.54, 1.807) is 6.20 Å². The molecule has 2 rings (SSSR count). The van der Waals surface area contributed by atoms with Crippen LogP contribution in [0.15, 0.2) is 48.8 Å². The van der Waals surface area contributed by atoms with Gasteiger partial charge in [-0.15, -0.1) is 0 Å². The molecule has 0 aliphatic heterocycles. The van der Waals surface area contributed by atoms with Crippen LogP contribution in [0.4, 0.5) is 0 Å². The zero-order valence-electron chi connectivity index (χ0n) is 10.6. The molecular formula is C15H17IN2. The largest absolute Gasteiger partial charge is 0.304 e. The van der Waals surface area contributed by atoms with Gasteiger partial charge in [0.2, 0.25) is 0 Å². The first-order valence-corrected chi connectivity index (χ1v) is 7.16. The minimum Gasteiger partial charge on any atom is -0.304 e. The third-order valence-corrected chi connectivity index (χ3v) is 3.77. The van der Waals surface area contributed by atoms with Crippen molar-refractivity contribution < 1.29 is 0 Å². The van der Waals surface area contributed by atoms with Gasteiger partial charge in [-0.05, 0) is 65.8 Å². The van der Waals surface area contributed by atoms with Crippen molar-refractivity contribution in [2.75, 3.05) is 0 Å². The van der Waals surface area contributed by atoms with Crippen LogP contribution in [0.5, 0.6) is 0 Å². The van der Waals surface area contributed by atoms with Crippen molar-refractivity contribution in [3.05, 3.63) is 63.5 Å². The molecule has 0 saturated heterocycles. The highest BCUT2D eigenvalue weighted by Gasteiger charge is 2.10. The first kappa shape index (κ1) is 13.5. The van der Waals surface area contributed by atoms with Gasteiger partial charge in [-0.3, -0.25) is 4.98 Å². The van der Waals surface area contributed by atoms with Crippen LogP contribution in [-0.2, 0) is 0 Å². The molecule has 1 N–H and O–H groups in total. The van der Waals surface area contributed by atoms with Gasteiger partial charge in [-0.1, -0.05) is 18.2 Å². The van der Waals surface area contributed by atoms with E-state index in [-0.39, 0.29) is 0 Å². The second-order valence-corrected chi connectivity index (χ2v) is 5.69. The van der Waals surface area contributed by atoms with E-state index < -0.39 is 0 Å². The average molecular weight is 352 g/mol. The van der Waals surface area contributed by atoms with Gasteiger partial charge in [0.05, 0.1) is 0 Å². The topological polar surface area (TPSA) is 24.9 Å². The molecule has 2 aromatic rings. The quantitative estimate of drug-likeness (QED) is 0.839. The number of pyridine rings is 1. The van der Waals surface area contributed by atoms with Crippen molar-refractivity contribution in [3.63, 3.8) is 0 Å². The Morgan fingerprint density at radius 1 is 1.00 bits per heavy atom. The molecule has 3 heteroatoms. The lowest BCUT2D eigenvalue weighted by Crippen LogP contribution is -2.22. The summed E-state index contributed by atoms with van der Waals surface area (Å²) in [5, 5.41) is 3.59. The number of hydrogen-bond acceptors (Lipinski definition) is 2. The van der Waals surface area contributed by atoms with Crippen LogP contribution in [-0.4, -0.2) is 4.98 Å². The first-order valence-electron chi connectivity index (χ1n) is 6.08. The summed E-state index contributed by atoms with van der Waals surface area (Å²) < 4.78 is 1.27. The molecule has 2 atom stereocenters. The van der Waals surface area contributed by atoms with Gasteiger partial charge in [0.1, 0.15) is 0 Å². The van der Waals surface area contributed by atoms with Crippen molar-refractivity contribution >= 4 is 22.6 Å². The number of hydrogen-bond donors (Lipinski definition) is 1. The van der Waals surface area contributed by atoms with Crippen LogP contribution in [0.2, 0.25) is 0 Å². The Kier molecular flexibility index (Phi) is 4.72. The van der Waals surface area contributed by atoms with Gasteiger partial charge in [0.25, 0.3) is 0 Å². The standard InChI is InChI=1S/C15H17IN2/c1-11(13-5-7-15(16)8-6-13)18-12(2)14-4-3-9-17-10-14/h3-12,18H,1-2H3/t11?,12-/m1/s1. The molecule has 0 aliphatic carbocycles. The highest BCUT2D eigenvalue weighted by molar-refractivity contribution is 14.1. The lowest BCUT2D eigenvalue weighted by Gasteiger charge is -2.20. The van der Waals surface area contributed by atoms with Crippen LogP contribution < -0.4 is 5.32 Å². The van der Waals surface area contributed by atoms with Crippen LogP contribution in [0.3, 0.4) is 0 Å². The maximum atomic E-state index is 4.16. The summed E-state index contributed by atoms with van der Waals surface area (Å²) in [4.78, 5) is 4.16. The van der Waals surface area contributed by atoms with E-state index in [2.05, 4.69) is 77.1 Å². The molecule has 1 unspecified atom stereocenters. The van der Waals surface area contributed by atoms with Gasteiger partial charge < -0.3 is 5.32 Å². The third kappa shape index (κ3) is 3.53. The highest BCUT2D eigenvalue weighted by atomic mass is 127. The van der Waals surface area contributed by atoms with Crippen LogP contribution >= 0.6 is 22.6 Å². The molecule has 1 heterocycles. The van der Waals surface area contributed by atoms with E-state index in [0.717, 1.165) is 0 Å². The van der Waals surface area contributed by atoms with E-state index >= 15 is 0 Å². The molecular weight excluding hydrogens is 335 g/mol. The summed E-state index contributed by atoms with van der Waals surface area (Å²) in [6, 6.07) is 13.3. The maximum Gasteiger partial charge on any atom is 0.0315 e. The van der Waals surface area contributed by atoms with Gasteiger partial charge >= 0.3 is 0 Å². The molecule has 0 aliphatic rings. The Hall–Kier alpha value is -0.940. The van der Waals surface area contributed by atoms with Crippen molar-refractivity contribution in [1.29, 1.82) is 0 Å². The molecule has 94 valence electrons. The molecule has 18 heavy (non-hydrogen) atoms. The number of nitrogens with one attached hydrogen (secondary N) is 1. The van der Waals surface area contributed by atoms with Gasteiger partial charge in [0.15, 0.2) is 0 Å². The molecule has 0 fully saturated rings. The SMILES string of the molecule is CC(N[C@H](C)c1cccnc1)c1ccc(I)cc1. The van der Waals surface area contributed by atoms with E-state index in [1.807, 2.05) is 12.3 Å². The van der Waals surface area contributed by atoms with Gasteiger partial charge in [0, 0.05) is 28.0 Å². The summed E-state index contributed by atoms with van der Waals surface area (Å²) in [6.45, 7) is 4.36. The fourth-order valence-corrected chi connectivity index (χ4v) is 2.31. The van der Waals surface area contributed by atoms with Gasteiger partial charge in [-0.25, -0.2) is 0 Å². The summed E-state index contributed by atoms with van der Waals surface area (Å²) in [6.07, 6.45) is 3.72. The zero-order chi connectivity index (χ0) is 13.0. The fourth-order valence-electron chi connectivity index (χ4n) is 1.95. The molecule has 2 nitrogen and oxygen atoms in total. The lowest BCUT2D eigenvalue weighted by atomic mass is 10.1. The molecule has 1 aromatic carbocycles. The van der Waals surface area contributed by atoms with E-state index in [0.29, 0.717) is 12.1 Å². The monoisotopic (exact) mass is 352 g/mol. The van der Waals surface area contributed by atoms with E-state index in [4.69, 9.17) is 0 Å². The smallest absolute Gasteiger partial charge is 0.0315 e. The second-order valence-electron chi connectivity index (χ2n) is 4.45. The Labute approximate surface area is 122 Å². The van der Waals surface area contributed by atoms with Crippen molar-refractivity contribution in [1.82, 2.24) is 10.3 Å². The molecule has 0 spiro atoms. The molecule has 0 saturated carbocycles. The zero-order valence-corrected chi connectivity index (χ0v) is 12.8. The second kappa shape index (κ2) is 6.29.